The summed E-state index contributed by atoms with van der Waals surface area (Å²) in [5.74, 6) is 0.752. The van der Waals surface area contributed by atoms with Crippen LogP contribution in [-0.4, -0.2) is 45.3 Å². The average molecular weight is 288 g/mol. The third kappa shape index (κ3) is 3.30. The first-order valence-electron chi connectivity index (χ1n) is 7.34. The van der Waals surface area contributed by atoms with E-state index in [2.05, 4.69) is 30.4 Å². The smallest absolute Gasteiger partial charge is 0.267 e. The van der Waals surface area contributed by atoms with Crippen LogP contribution in [0.1, 0.15) is 35.2 Å². The van der Waals surface area contributed by atoms with Crippen molar-refractivity contribution in [2.24, 2.45) is 0 Å². The number of hydrogen-bond donors (Lipinski definition) is 3. The number of aromatic nitrogens is 4. The zero-order chi connectivity index (χ0) is 14.5. The van der Waals surface area contributed by atoms with Gasteiger partial charge in [-0.15, -0.1) is 0 Å². The van der Waals surface area contributed by atoms with Crippen molar-refractivity contribution >= 4 is 5.91 Å². The number of H-pyrrole nitrogens is 1. The standard InChI is InChI=1S/C14H20N6O/c21-14(16-8-5-13-17-10-18-19-13)12-2-1-9-20(12)11-3-6-15-7-4-11/h1-2,9-11,15H,3-8H2,(H,16,21)(H,17,18,19). The summed E-state index contributed by atoms with van der Waals surface area (Å²) >= 11 is 0. The number of hydrogen-bond acceptors (Lipinski definition) is 4. The summed E-state index contributed by atoms with van der Waals surface area (Å²) in [6.45, 7) is 2.57. The predicted molar refractivity (Wildman–Crippen MR) is 78.0 cm³/mol. The third-order valence-corrected chi connectivity index (χ3v) is 3.83. The molecule has 1 saturated heterocycles. The molecule has 0 aromatic carbocycles. The Balaban J connectivity index is 1.58. The van der Waals surface area contributed by atoms with E-state index in [1.165, 1.54) is 6.33 Å². The van der Waals surface area contributed by atoms with E-state index in [4.69, 9.17) is 0 Å². The van der Waals surface area contributed by atoms with Crippen LogP contribution < -0.4 is 10.6 Å². The topological polar surface area (TPSA) is 87.6 Å². The minimum atomic E-state index is -0.0296. The maximum atomic E-state index is 12.3. The first-order chi connectivity index (χ1) is 10.3. The van der Waals surface area contributed by atoms with Gasteiger partial charge in [0.05, 0.1) is 0 Å². The van der Waals surface area contributed by atoms with E-state index in [-0.39, 0.29) is 5.91 Å². The van der Waals surface area contributed by atoms with Gasteiger partial charge >= 0.3 is 0 Å². The van der Waals surface area contributed by atoms with Crippen LogP contribution in [-0.2, 0) is 6.42 Å². The Labute approximate surface area is 123 Å². The SMILES string of the molecule is O=C(NCCc1ncn[nH]1)c1cccn1C1CCNCC1. The van der Waals surface area contributed by atoms with Crippen LogP contribution in [0.15, 0.2) is 24.7 Å². The summed E-state index contributed by atoms with van der Waals surface area (Å²) in [7, 11) is 0. The maximum Gasteiger partial charge on any atom is 0.267 e. The minimum absolute atomic E-state index is 0.0296. The Morgan fingerprint density at radius 3 is 3.05 bits per heavy atom. The van der Waals surface area contributed by atoms with Gasteiger partial charge in [0.2, 0.25) is 0 Å². The molecule has 2 aromatic rings. The molecule has 0 spiro atoms. The summed E-state index contributed by atoms with van der Waals surface area (Å²) in [4.78, 5) is 16.3. The van der Waals surface area contributed by atoms with Gasteiger partial charge in [-0.3, -0.25) is 9.89 Å². The van der Waals surface area contributed by atoms with E-state index in [1.807, 2.05) is 18.3 Å². The van der Waals surface area contributed by atoms with Crippen LogP contribution in [0.5, 0.6) is 0 Å². The zero-order valence-corrected chi connectivity index (χ0v) is 11.9. The molecule has 0 radical (unpaired) electrons. The Kier molecular flexibility index (Phi) is 4.30. The van der Waals surface area contributed by atoms with Gasteiger partial charge in [-0.2, -0.15) is 5.10 Å². The fraction of sp³-hybridized carbons (Fsp3) is 0.500. The number of nitrogens with zero attached hydrogens (tertiary/aromatic N) is 3. The highest BCUT2D eigenvalue weighted by atomic mass is 16.1. The molecule has 21 heavy (non-hydrogen) atoms. The van der Waals surface area contributed by atoms with Crippen molar-refractivity contribution in [3.05, 3.63) is 36.2 Å². The van der Waals surface area contributed by atoms with E-state index >= 15 is 0 Å². The highest BCUT2D eigenvalue weighted by Crippen LogP contribution is 2.21. The van der Waals surface area contributed by atoms with Crippen molar-refractivity contribution in [1.29, 1.82) is 0 Å². The Hall–Kier alpha value is -2.15. The van der Waals surface area contributed by atoms with Crippen molar-refractivity contribution in [2.75, 3.05) is 19.6 Å². The van der Waals surface area contributed by atoms with Crippen LogP contribution >= 0.6 is 0 Å². The van der Waals surface area contributed by atoms with Gasteiger partial charge in [-0.1, -0.05) is 0 Å². The van der Waals surface area contributed by atoms with Crippen molar-refractivity contribution in [1.82, 2.24) is 30.4 Å². The number of piperidine rings is 1. The molecule has 3 N–H and O–H groups in total. The summed E-state index contributed by atoms with van der Waals surface area (Å²) in [5.41, 5.74) is 0.736. The largest absolute Gasteiger partial charge is 0.350 e. The lowest BCUT2D eigenvalue weighted by atomic mass is 10.1. The molecule has 7 heteroatoms. The van der Waals surface area contributed by atoms with Crippen LogP contribution in [0.2, 0.25) is 0 Å². The molecule has 0 atom stereocenters. The number of rotatable bonds is 5. The van der Waals surface area contributed by atoms with Crippen LogP contribution in [0.25, 0.3) is 0 Å². The second-order valence-electron chi connectivity index (χ2n) is 5.22. The molecule has 0 aliphatic carbocycles. The Morgan fingerprint density at radius 2 is 2.29 bits per heavy atom. The second kappa shape index (κ2) is 6.53. The number of carbonyl (C=O) groups excluding carboxylic acids is 1. The first-order valence-corrected chi connectivity index (χ1v) is 7.34. The lowest BCUT2D eigenvalue weighted by Crippen LogP contribution is -2.33. The average Bonchev–Trinajstić information content (AvgIpc) is 3.19. The fourth-order valence-corrected chi connectivity index (χ4v) is 2.73. The molecule has 0 saturated carbocycles. The molecule has 1 aliphatic rings. The van der Waals surface area contributed by atoms with Crippen molar-refractivity contribution in [2.45, 2.75) is 25.3 Å². The van der Waals surface area contributed by atoms with Gasteiger partial charge in [-0.25, -0.2) is 4.98 Å². The number of carbonyl (C=O) groups is 1. The number of amides is 1. The van der Waals surface area contributed by atoms with Gasteiger partial charge in [0, 0.05) is 25.2 Å². The maximum absolute atomic E-state index is 12.3. The molecule has 1 fully saturated rings. The van der Waals surface area contributed by atoms with Crippen LogP contribution in [0.4, 0.5) is 0 Å². The lowest BCUT2D eigenvalue weighted by Gasteiger charge is -2.25. The zero-order valence-electron chi connectivity index (χ0n) is 11.9. The summed E-state index contributed by atoms with van der Waals surface area (Å²) in [6, 6.07) is 4.23. The predicted octanol–water partition coefficient (Wildman–Crippen LogP) is 0.503. The molecular formula is C14H20N6O. The molecule has 0 unspecified atom stereocenters. The first kappa shape index (κ1) is 13.8. The molecule has 3 heterocycles. The van der Waals surface area contributed by atoms with Gasteiger partial charge in [-0.05, 0) is 38.1 Å². The minimum Gasteiger partial charge on any atom is -0.350 e. The molecule has 0 bridgehead atoms. The molecule has 1 amide bonds. The normalized spacial score (nSPS) is 16.0. The number of nitrogens with one attached hydrogen (secondary N) is 3. The van der Waals surface area contributed by atoms with Gasteiger partial charge in [0.1, 0.15) is 17.8 Å². The molecule has 2 aromatic heterocycles. The van der Waals surface area contributed by atoms with Crippen LogP contribution in [0.3, 0.4) is 0 Å². The van der Waals surface area contributed by atoms with Crippen molar-refractivity contribution in [3.8, 4) is 0 Å². The quantitative estimate of drug-likeness (QED) is 0.748. The van der Waals surface area contributed by atoms with Crippen LogP contribution in [0, 0.1) is 0 Å². The van der Waals surface area contributed by atoms with Crippen molar-refractivity contribution in [3.63, 3.8) is 0 Å². The van der Waals surface area contributed by atoms with Gasteiger partial charge < -0.3 is 15.2 Å². The second-order valence-corrected chi connectivity index (χ2v) is 5.22. The summed E-state index contributed by atoms with van der Waals surface area (Å²) in [6.07, 6.45) is 6.25. The van der Waals surface area contributed by atoms with E-state index in [9.17, 15) is 4.79 Å². The Morgan fingerprint density at radius 1 is 1.43 bits per heavy atom. The van der Waals surface area contributed by atoms with Gasteiger partial charge in [0.25, 0.3) is 5.91 Å². The number of aromatic amines is 1. The highest BCUT2D eigenvalue weighted by molar-refractivity contribution is 5.92. The van der Waals surface area contributed by atoms with E-state index in [1.54, 1.807) is 0 Å². The lowest BCUT2D eigenvalue weighted by molar-refractivity contribution is 0.0941. The van der Waals surface area contributed by atoms with Gasteiger partial charge in [0.15, 0.2) is 0 Å². The monoisotopic (exact) mass is 288 g/mol. The van der Waals surface area contributed by atoms with E-state index < -0.39 is 0 Å². The highest BCUT2D eigenvalue weighted by Gasteiger charge is 2.19. The molecular weight excluding hydrogens is 268 g/mol. The molecule has 1 aliphatic heterocycles. The molecule has 112 valence electrons. The molecule has 3 rings (SSSR count). The summed E-state index contributed by atoms with van der Waals surface area (Å²) in [5, 5.41) is 12.9. The van der Waals surface area contributed by atoms with E-state index in [0.29, 0.717) is 19.0 Å². The summed E-state index contributed by atoms with van der Waals surface area (Å²) < 4.78 is 2.10. The van der Waals surface area contributed by atoms with Crippen molar-refractivity contribution < 1.29 is 4.79 Å². The molecule has 7 nitrogen and oxygen atoms in total. The Bertz CT molecular complexity index is 570. The third-order valence-electron chi connectivity index (χ3n) is 3.83. The van der Waals surface area contributed by atoms with E-state index in [0.717, 1.165) is 37.4 Å². The fourth-order valence-electron chi connectivity index (χ4n) is 2.73.